The molecule has 0 bridgehead atoms. The minimum absolute atomic E-state index is 0.0382. The summed E-state index contributed by atoms with van der Waals surface area (Å²) in [6, 6.07) is 5.72. The molecule has 0 saturated heterocycles. The zero-order chi connectivity index (χ0) is 16.4. The summed E-state index contributed by atoms with van der Waals surface area (Å²) in [6.07, 6.45) is 1.02. The minimum atomic E-state index is -0.0382. The van der Waals surface area contributed by atoms with Gasteiger partial charge in [0.2, 0.25) is 5.91 Å². The highest BCUT2D eigenvalue weighted by Crippen LogP contribution is 2.31. The number of benzene rings is 1. The normalized spacial score (nSPS) is 14.4. The molecule has 0 spiro atoms. The van der Waals surface area contributed by atoms with Gasteiger partial charge in [-0.05, 0) is 42.0 Å². The van der Waals surface area contributed by atoms with Crippen molar-refractivity contribution in [3.63, 3.8) is 0 Å². The van der Waals surface area contributed by atoms with Crippen LogP contribution in [0.25, 0.3) is 0 Å². The molecule has 1 amide bonds. The number of anilines is 1. The molecular formula is C17H19ClN2O2S. The fraction of sp³-hybridized carbons (Fsp3) is 0.353. The second kappa shape index (κ2) is 6.91. The molecule has 1 aliphatic heterocycles. The van der Waals surface area contributed by atoms with Crippen molar-refractivity contribution in [1.29, 1.82) is 0 Å². The maximum Gasteiger partial charge on any atom is 0.238 e. The summed E-state index contributed by atoms with van der Waals surface area (Å²) in [4.78, 5) is 16.0. The predicted molar refractivity (Wildman–Crippen MR) is 94.7 cm³/mol. The van der Waals surface area contributed by atoms with Gasteiger partial charge in [0, 0.05) is 29.1 Å². The van der Waals surface area contributed by atoms with Crippen LogP contribution in [0.1, 0.15) is 16.0 Å². The second-order valence-corrected chi connectivity index (χ2v) is 7.09. The first-order chi connectivity index (χ1) is 11.1. The zero-order valence-electron chi connectivity index (χ0n) is 13.2. The van der Waals surface area contributed by atoms with Crippen molar-refractivity contribution in [3.8, 4) is 5.75 Å². The van der Waals surface area contributed by atoms with Gasteiger partial charge in [-0.1, -0.05) is 11.6 Å². The van der Waals surface area contributed by atoms with Gasteiger partial charge in [-0.2, -0.15) is 0 Å². The molecule has 0 saturated carbocycles. The van der Waals surface area contributed by atoms with Crippen molar-refractivity contribution < 1.29 is 9.53 Å². The highest BCUT2D eigenvalue weighted by Gasteiger charge is 2.20. The first kappa shape index (κ1) is 16.3. The van der Waals surface area contributed by atoms with E-state index >= 15 is 0 Å². The molecule has 1 aliphatic rings. The van der Waals surface area contributed by atoms with Gasteiger partial charge >= 0.3 is 0 Å². The van der Waals surface area contributed by atoms with Crippen molar-refractivity contribution in [3.05, 3.63) is 44.6 Å². The van der Waals surface area contributed by atoms with E-state index in [1.54, 1.807) is 24.5 Å². The smallest absolute Gasteiger partial charge is 0.238 e. The molecule has 0 radical (unpaired) electrons. The molecule has 0 aliphatic carbocycles. The average Bonchev–Trinajstić information content (AvgIpc) is 2.98. The van der Waals surface area contributed by atoms with Gasteiger partial charge in [-0.15, -0.1) is 11.3 Å². The summed E-state index contributed by atoms with van der Waals surface area (Å²) in [7, 11) is 1.57. The van der Waals surface area contributed by atoms with Crippen LogP contribution in [-0.4, -0.2) is 31.0 Å². The number of hydrogen-bond donors (Lipinski definition) is 1. The van der Waals surface area contributed by atoms with Gasteiger partial charge < -0.3 is 10.1 Å². The van der Waals surface area contributed by atoms with E-state index in [-0.39, 0.29) is 5.91 Å². The van der Waals surface area contributed by atoms with E-state index in [0.717, 1.165) is 25.1 Å². The van der Waals surface area contributed by atoms with Gasteiger partial charge in [0.05, 0.1) is 19.3 Å². The number of halogens is 1. The molecule has 1 N–H and O–H groups in total. The van der Waals surface area contributed by atoms with Crippen molar-refractivity contribution in [1.82, 2.24) is 4.90 Å². The van der Waals surface area contributed by atoms with Crippen LogP contribution in [0.5, 0.6) is 5.75 Å². The topological polar surface area (TPSA) is 41.6 Å². The average molecular weight is 351 g/mol. The van der Waals surface area contributed by atoms with Crippen LogP contribution < -0.4 is 10.1 Å². The number of thiophene rings is 1. The maximum atomic E-state index is 12.4. The van der Waals surface area contributed by atoms with Gasteiger partial charge in [-0.25, -0.2) is 0 Å². The Kier molecular flexibility index (Phi) is 4.90. The Morgan fingerprint density at radius 3 is 3.09 bits per heavy atom. The Balaban J connectivity index is 1.65. The highest BCUT2D eigenvalue weighted by molar-refractivity contribution is 7.10. The minimum Gasteiger partial charge on any atom is -0.495 e. The summed E-state index contributed by atoms with van der Waals surface area (Å²) in [6.45, 7) is 4.03. The van der Waals surface area contributed by atoms with Crippen molar-refractivity contribution in [2.45, 2.75) is 19.9 Å². The van der Waals surface area contributed by atoms with Crippen LogP contribution in [0.4, 0.5) is 5.69 Å². The quantitative estimate of drug-likeness (QED) is 0.913. The number of nitrogens with zero attached hydrogens (tertiary/aromatic N) is 1. The highest BCUT2D eigenvalue weighted by atomic mass is 35.5. The van der Waals surface area contributed by atoms with E-state index in [0.29, 0.717) is 23.0 Å². The predicted octanol–water partition coefficient (Wildman–Crippen LogP) is 3.72. The maximum absolute atomic E-state index is 12.4. The van der Waals surface area contributed by atoms with E-state index in [9.17, 15) is 4.79 Å². The van der Waals surface area contributed by atoms with Crippen LogP contribution >= 0.6 is 22.9 Å². The number of carbonyl (C=O) groups is 1. The molecule has 0 unspecified atom stereocenters. The SMILES string of the molecule is COc1cc(Cl)c(C)cc1NC(=O)CN1CCc2sccc2C1. The summed E-state index contributed by atoms with van der Waals surface area (Å²) in [5.41, 5.74) is 2.91. The van der Waals surface area contributed by atoms with E-state index in [4.69, 9.17) is 16.3 Å². The molecule has 2 aromatic rings. The van der Waals surface area contributed by atoms with E-state index < -0.39 is 0 Å². The Bertz CT molecular complexity index is 729. The third kappa shape index (κ3) is 3.68. The molecule has 2 heterocycles. The monoisotopic (exact) mass is 350 g/mol. The van der Waals surface area contributed by atoms with Crippen LogP contribution in [0.2, 0.25) is 5.02 Å². The number of ether oxygens (including phenoxy) is 1. The summed E-state index contributed by atoms with van der Waals surface area (Å²) >= 11 is 7.89. The van der Waals surface area contributed by atoms with Crippen LogP contribution in [0.15, 0.2) is 23.6 Å². The van der Waals surface area contributed by atoms with Gasteiger partial charge in [0.25, 0.3) is 0 Å². The lowest BCUT2D eigenvalue weighted by Gasteiger charge is -2.26. The number of carbonyl (C=O) groups excluding carboxylic acids is 1. The lowest BCUT2D eigenvalue weighted by atomic mass is 10.1. The Hall–Kier alpha value is -1.56. The number of nitrogens with one attached hydrogen (secondary N) is 1. The fourth-order valence-corrected chi connectivity index (χ4v) is 3.81. The van der Waals surface area contributed by atoms with Gasteiger partial charge in [0.15, 0.2) is 0 Å². The van der Waals surface area contributed by atoms with Gasteiger partial charge in [0.1, 0.15) is 5.75 Å². The summed E-state index contributed by atoms with van der Waals surface area (Å²) in [5, 5.41) is 5.68. The van der Waals surface area contributed by atoms with Crippen molar-refractivity contribution in [2.24, 2.45) is 0 Å². The second-order valence-electron chi connectivity index (χ2n) is 5.68. The molecule has 3 rings (SSSR count). The molecular weight excluding hydrogens is 332 g/mol. The number of fused-ring (bicyclic) bond motifs is 1. The lowest BCUT2D eigenvalue weighted by molar-refractivity contribution is -0.117. The van der Waals surface area contributed by atoms with Crippen molar-refractivity contribution >= 4 is 34.5 Å². The fourth-order valence-electron chi connectivity index (χ4n) is 2.76. The summed E-state index contributed by atoms with van der Waals surface area (Å²) < 4.78 is 5.30. The lowest BCUT2D eigenvalue weighted by Crippen LogP contribution is -2.36. The van der Waals surface area contributed by atoms with Crippen LogP contribution in [-0.2, 0) is 17.8 Å². The Labute approximate surface area is 145 Å². The molecule has 6 heteroatoms. The van der Waals surface area contributed by atoms with E-state index in [1.807, 2.05) is 13.0 Å². The molecule has 0 fully saturated rings. The van der Waals surface area contributed by atoms with Gasteiger partial charge in [-0.3, -0.25) is 9.69 Å². The van der Waals surface area contributed by atoms with Crippen LogP contribution in [0.3, 0.4) is 0 Å². The number of aryl methyl sites for hydroxylation is 1. The zero-order valence-corrected chi connectivity index (χ0v) is 14.8. The van der Waals surface area contributed by atoms with E-state index in [2.05, 4.69) is 21.7 Å². The third-order valence-corrected chi connectivity index (χ3v) is 5.44. The molecule has 1 aromatic carbocycles. The number of amides is 1. The standard InChI is InChI=1S/C17H19ClN2O2S/c1-11-7-14(15(22-2)8-13(11)18)19-17(21)10-20-5-3-16-12(9-20)4-6-23-16/h4,6-8H,3,5,9-10H2,1-2H3,(H,19,21). The van der Waals surface area contributed by atoms with Crippen molar-refractivity contribution in [2.75, 3.05) is 25.5 Å². The molecule has 4 nitrogen and oxygen atoms in total. The molecule has 0 atom stereocenters. The Morgan fingerprint density at radius 1 is 1.48 bits per heavy atom. The van der Waals surface area contributed by atoms with E-state index in [1.165, 1.54) is 10.4 Å². The molecule has 122 valence electrons. The first-order valence-electron chi connectivity index (χ1n) is 7.48. The number of hydrogen-bond acceptors (Lipinski definition) is 4. The van der Waals surface area contributed by atoms with Crippen LogP contribution in [0, 0.1) is 6.92 Å². The molecule has 1 aromatic heterocycles. The number of methoxy groups -OCH3 is 1. The number of rotatable bonds is 4. The largest absolute Gasteiger partial charge is 0.495 e. The Morgan fingerprint density at radius 2 is 2.30 bits per heavy atom. The summed E-state index contributed by atoms with van der Waals surface area (Å²) in [5.74, 6) is 0.538. The molecule has 23 heavy (non-hydrogen) atoms. The third-order valence-electron chi connectivity index (χ3n) is 4.01. The first-order valence-corrected chi connectivity index (χ1v) is 8.74.